The number of rotatable bonds is 4. The third kappa shape index (κ3) is 3.50. The minimum Gasteiger partial charge on any atom is -0.342 e. The second-order valence-corrected chi connectivity index (χ2v) is 8.47. The summed E-state index contributed by atoms with van der Waals surface area (Å²) in [6.45, 7) is 4.47. The van der Waals surface area contributed by atoms with Crippen molar-refractivity contribution in [2.24, 2.45) is 11.1 Å². The molecule has 28 heavy (non-hydrogen) atoms. The van der Waals surface area contributed by atoms with Crippen LogP contribution in [-0.4, -0.2) is 39.8 Å². The number of halogens is 2. The molecule has 0 saturated carbocycles. The molecule has 148 valence electrons. The lowest BCUT2D eigenvalue weighted by atomic mass is 9.81. The van der Waals surface area contributed by atoms with Crippen molar-refractivity contribution >= 4 is 40.2 Å². The molecule has 0 amide bonds. The Morgan fingerprint density at radius 2 is 2.04 bits per heavy atom. The highest BCUT2D eigenvalue weighted by atomic mass is 35.5. The van der Waals surface area contributed by atoms with Crippen LogP contribution in [0.3, 0.4) is 0 Å². The Kier molecular flexibility index (Phi) is 5.07. The summed E-state index contributed by atoms with van der Waals surface area (Å²) < 4.78 is 0. The van der Waals surface area contributed by atoms with Gasteiger partial charge in [0.1, 0.15) is 5.39 Å². The van der Waals surface area contributed by atoms with E-state index in [-0.39, 0.29) is 11.0 Å². The van der Waals surface area contributed by atoms with Crippen LogP contribution >= 0.6 is 23.2 Å². The first-order chi connectivity index (χ1) is 13.4. The highest BCUT2D eigenvalue weighted by Crippen LogP contribution is 2.31. The monoisotopic (exact) mass is 420 g/mol. The van der Waals surface area contributed by atoms with Gasteiger partial charge in [-0.05, 0) is 36.4 Å². The number of fused-ring (bicyclic) bond motifs is 1. The lowest BCUT2D eigenvalue weighted by Gasteiger charge is -2.38. The number of aromatic amines is 2. The normalized spacial score (nSPS) is 16.6. The van der Waals surface area contributed by atoms with Crippen molar-refractivity contribution < 1.29 is 0 Å². The highest BCUT2D eigenvalue weighted by Gasteiger charge is 2.30. The van der Waals surface area contributed by atoms with Gasteiger partial charge in [-0.25, -0.2) is 0 Å². The molecule has 7 nitrogen and oxygen atoms in total. The minimum absolute atomic E-state index is 0.149. The molecule has 3 heterocycles. The maximum atomic E-state index is 12.8. The van der Waals surface area contributed by atoms with Crippen molar-refractivity contribution in [3.63, 3.8) is 0 Å². The molecule has 4 rings (SSSR count). The third-order valence-corrected chi connectivity index (χ3v) is 6.51. The SMILES string of the molecule is CC1(CN)CCN(c2nc3n[nH]c(Cc4cccc(Cl)c4Cl)c3c(=O)[nH]2)CC1. The topological polar surface area (TPSA) is 104 Å². The quantitative estimate of drug-likeness (QED) is 0.601. The van der Waals surface area contributed by atoms with Crippen LogP contribution in [0.25, 0.3) is 11.0 Å². The van der Waals surface area contributed by atoms with Crippen molar-refractivity contribution in [3.05, 3.63) is 49.9 Å². The average Bonchev–Trinajstić information content (AvgIpc) is 3.09. The van der Waals surface area contributed by atoms with E-state index >= 15 is 0 Å². The fourth-order valence-corrected chi connectivity index (χ4v) is 3.98. The molecule has 0 atom stereocenters. The van der Waals surface area contributed by atoms with E-state index < -0.39 is 0 Å². The van der Waals surface area contributed by atoms with Crippen LogP contribution in [0.1, 0.15) is 31.0 Å². The van der Waals surface area contributed by atoms with Crippen LogP contribution in [0.4, 0.5) is 5.95 Å². The molecule has 1 aliphatic heterocycles. The van der Waals surface area contributed by atoms with E-state index in [1.165, 1.54) is 0 Å². The molecule has 3 aromatic rings. The number of nitrogens with one attached hydrogen (secondary N) is 2. The smallest absolute Gasteiger partial charge is 0.263 e. The molecular weight excluding hydrogens is 399 g/mol. The Bertz CT molecular complexity index is 1070. The molecule has 0 bridgehead atoms. The van der Waals surface area contributed by atoms with Crippen LogP contribution < -0.4 is 16.2 Å². The summed E-state index contributed by atoms with van der Waals surface area (Å²) in [6.07, 6.45) is 2.34. The van der Waals surface area contributed by atoms with E-state index in [1.54, 1.807) is 6.07 Å². The first-order valence-electron chi connectivity index (χ1n) is 9.25. The number of nitrogens with two attached hydrogens (primary N) is 1. The number of H-pyrrole nitrogens is 2. The number of aromatic nitrogens is 4. The molecule has 0 radical (unpaired) electrons. The van der Waals surface area contributed by atoms with E-state index in [0.717, 1.165) is 31.5 Å². The lowest BCUT2D eigenvalue weighted by Crippen LogP contribution is -2.43. The predicted molar refractivity (Wildman–Crippen MR) is 112 cm³/mol. The van der Waals surface area contributed by atoms with Crippen LogP contribution in [0.15, 0.2) is 23.0 Å². The molecule has 0 spiro atoms. The van der Waals surface area contributed by atoms with Gasteiger partial charge in [0.05, 0.1) is 15.7 Å². The first-order valence-corrected chi connectivity index (χ1v) is 10.0. The number of piperidine rings is 1. The van der Waals surface area contributed by atoms with Crippen molar-refractivity contribution in [1.82, 2.24) is 20.2 Å². The van der Waals surface area contributed by atoms with Crippen LogP contribution in [0.5, 0.6) is 0 Å². The molecule has 9 heteroatoms. The predicted octanol–water partition coefficient (Wildman–Crippen LogP) is 3.11. The van der Waals surface area contributed by atoms with Gasteiger partial charge in [-0.3, -0.25) is 14.9 Å². The number of hydrogen-bond acceptors (Lipinski definition) is 5. The van der Waals surface area contributed by atoms with Gasteiger partial charge in [0.25, 0.3) is 5.56 Å². The zero-order chi connectivity index (χ0) is 19.9. The summed E-state index contributed by atoms with van der Waals surface area (Å²) in [5.74, 6) is 0.551. The molecule has 1 aliphatic rings. The molecule has 0 aliphatic carbocycles. The van der Waals surface area contributed by atoms with Crippen LogP contribution in [0, 0.1) is 5.41 Å². The van der Waals surface area contributed by atoms with Crippen molar-refractivity contribution in [2.45, 2.75) is 26.2 Å². The molecule has 1 aromatic carbocycles. The maximum absolute atomic E-state index is 12.8. The number of nitrogens with zero attached hydrogens (tertiary/aromatic N) is 3. The second kappa shape index (κ2) is 7.39. The summed E-state index contributed by atoms with van der Waals surface area (Å²) in [6, 6.07) is 5.43. The zero-order valence-corrected chi connectivity index (χ0v) is 17.1. The Morgan fingerprint density at radius 3 is 2.75 bits per heavy atom. The number of hydrogen-bond donors (Lipinski definition) is 3. The van der Waals surface area contributed by atoms with E-state index in [1.807, 2.05) is 12.1 Å². The molecule has 2 aromatic heterocycles. The van der Waals surface area contributed by atoms with Gasteiger partial charge < -0.3 is 10.6 Å². The van der Waals surface area contributed by atoms with Crippen LogP contribution in [-0.2, 0) is 6.42 Å². The van der Waals surface area contributed by atoms with Gasteiger partial charge in [0.2, 0.25) is 5.95 Å². The van der Waals surface area contributed by atoms with Crippen LogP contribution in [0.2, 0.25) is 10.0 Å². The largest absolute Gasteiger partial charge is 0.342 e. The van der Waals surface area contributed by atoms with Gasteiger partial charge in [-0.15, -0.1) is 0 Å². The fourth-order valence-electron chi connectivity index (χ4n) is 3.59. The second-order valence-electron chi connectivity index (χ2n) is 7.68. The maximum Gasteiger partial charge on any atom is 0.263 e. The van der Waals surface area contributed by atoms with Gasteiger partial charge in [0, 0.05) is 19.5 Å². The Hall–Kier alpha value is -2.09. The Balaban J connectivity index is 1.63. The van der Waals surface area contributed by atoms with Gasteiger partial charge in [0.15, 0.2) is 5.65 Å². The summed E-state index contributed by atoms with van der Waals surface area (Å²) in [7, 11) is 0. The van der Waals surface area contributed by atoms with Crippen molar-refractivity contribution in [1.29, 1.82) is 0 Å². The first kappa shape index (κ1) is 19.2. The zero-order valence-electron chi connectivity index (χ0n) is 15.6. The van der Waals surface area contributed by atoms with E-state index in [0.29, 0.717) is 45.7 Å². The molecule has 4 N–H and O–H groups in total. The fraction of sp³-hybridized carbons (Fsp3) is 0.421. The standard InChI is InChI=1S/C19H22Cl2N6O/c1-19(10-22)5-7-27(8-6-19)18-23-16-14(17(28)24-18)13(25-26-16)9-11-3-2-4-12(20)15(11)21/h2-4H,5-10,22H2,1H3,(H2,23,24,25,26,28). The average molecular weight is 421 g/mol. The van der Waals surface area contributed by atoms with Crippen molar-refractivity contribution in [3.8, 4) is 0 Å². The molecule has 0 unspecified atom stereocenters. The molecular formula is C19H22Cl2N6O. The summed E-state index contributed by atoms with van der Waals surface area (Å²) in [5.41, 5.74) is 7.70. The summed E-state index contributed by atoms with van der Waals surface area (Å²) in [4.78, 5) is 22.4. The van der Waals surface area contributed by atoms with Gasteiger partial charge in [-0.2, -0.15) is 10.1 Å². The van der Waals surface area contributed by atoms with Gasteiger partial charge >= 0.3 is 0 Å². The summed E-state index contributed by atoms with van der Waals surface area (Å²) in [5, 5.41) is 8.58. The van der Waals surface area contributed by atoms with E-state index in [9.17, 15) is 4.79 Å². The Morgan fingerprint density at radius 1 is 1.29 bits per heavy atom. The van der Waals surface area contributed by atoms with Gasteiger partial charge in [-0.1, -0.05) is 42.3 Å². The molecule has 1 saturated heterocycles. The van der Waals surface area contributed by atoms with E-state index in [2.05, 4.69) is 32.0 Å². The van der Waals surface area contributed by atoms with Crippen molar-refractivity contribution in [2.75, 3.05) is 24.5 Å². The van der Waals surface area contributed by atoms with E-state index in [4.69, 9.17) is 28.9 Å². The highest BCUT2D eigenvalue weighted by molar-refractivity contribution is 6.42. The third-order valence-electron chi connectivity index (χ3n) is 5.65. The lowest BCUT2D eigenvalue weighted by molar-refractivity contribution is 0.257. The summed E-state index contributed by atoms with van der Waals surface area (Å²) >= 11 is 12.4. The number of benzene rings is 1. The minimum atomic E-state index is -0.214. The number of anilines is 1. The Labute approximate surface area is 172 Å². The molecule has 1 fully saturated rings.